The van der Waals surface area contributed by atoms with Gasteiger partial charge in [-0.25, -0.2) is 9.18 Å². The Hall–Kier alpha value is -3.28. The van der Waals surface area contributed by atoms with Gasteiger partial charge in [-0.2, -0.15) is 8.78 Å². The van der Waals surface area contributed by atoms with E-state index in [0.29, 0.717) is 6.92 Å². The molecule has 0 spiro atoms. The lowest BCUT2D eigenvalue weighted by atomic mass is 10.0. The Balaban J connectivity index is 1.68. The first-order valence-corrected chi connectivity index (χ1v) is 9.53. The lowest BCUT2D eigenvalue weighted by Crippen LogP contribution is -2.20. The molecule has 0 atom stereocenters. The van der Waals surface area contributed by atoms with Crippen LogP contribution in [-0.4, -0.2) is 12.1 Å². The highest BCUT2D eigenvalue weighted by molar-refractivity contribution is 5.91. The van der Waals surface area contributed by atoms with E-state index < -0.39 is 23.6 Å². The van der Waals surface area contributed by atoms with Crippen molar-refractivity contribution in [3.8, 4) is 22.6 Å². The lowest BCUT2D eigenvalue weighted by molar-refractivity contribution is -0.160. The third-order valence-electron chi connectivity index (χ3n) is 4.35. The largest absolute Gasteiger partial charge is 0.430 e. The molecule has 0 fully saturated rings. The molecule has 3 aromatic rings. The van der Waals surface area contributed by atoms with E-state index in [0.717, 1.165) is 36.1 Å². The Kier molecular flexibility index (Phi) is 6.45. The summed E-state index contributed by atoms with van der Waals surface area (Å²) in [7, 11) is 0. The predicted octanol–water partition coefficient (Wildman–Crippen LogP) is 6.66. The van der Waals surface area contributed by atoms with E-state index in [1.54, 1.807) is 12.1 Å². The van der Waals surface area contributed by atoms with Gasteiger partial charge in [-0.05, 0) is 53.4 Å². The van der Waals surface area contributed by atoms with E-state index in [1.807, 2.05) is 24.3 Å². The fraction of sp³-hybridized carbons (Fsp3) is 0.208. The van der Waals surface area contributed by atoms with Gasteiger partial charge in [0.1, 0.15) is 5.75 Å². The van der Waals surface area contributed by atoms with Crippen molar-refractivity contribution in [3.63, 3.8) is 0 Å². The molecule has 0 unspecified atom stereocenters. The average Bonchev–Trinajstić information content (AvgIpc) is 2.70. The van der Waals surface area contributed by atoms with E-state index in [-0.39, 0.29) is 11.3 Å². The van der Waals surface area contributed by atoms with Crippen molar-refractivity contribution in [2.75, 3.05) is 0 Å². The second kappa shape index (κ2) is 9.03. The molecule has 0 saturated carbocycles. The molecule has 3 rings (SSSR count). The smallest absolute Gasteiger partial charge is 0.395 e. The molecule has 156 valence electrons. The zero-order valence-electron chi connectivity index (χ0n) is 16.6. The fourth-order valence-corrected chi connectivity index (χ4v) is 2.94. The van der Waals surface area contributed by atoms with Crippen molar-refractivity contribution in [3.05, 3.63) is 83.7 Å². The summed E-state index contributed by atoms with van der Waals surface area (Å²) in [5, 5.41) is 0. The summed E-state index contributed by atoms with van der Waals surface area (Å²) in [6, 6.07) is 18.1. The van der Waals surface area contributed by atoms with Crippen molar-refractivity contribution in [2.24, 2.45) is 0 Å². The SMILES string of the molecule is CCCc1ccc(-c2ccc(OC(=O)c3ccc(OC(C)(F)F)c(F)c3)cc2)cc1. The molecule has 6 heteroatoms. The van der Waals surface area contributed by atoms with Crippen LogP contribution in [0.1, 0.15) is 36.2 Å². The molecule has 3 nitrogen and oxygen atoms in total. The first-order valence-electron chi connectivity index (χ1n) is 9.53. The molecule has 0 aliphatic rings. The zero-order chi connectivity index (χ0) is 21.7. The molecule has 0 aliphatic heterocycles. The van der Waals surface area contributed by atoms with Crippen LogP contribution in [0, 0.1) is 5.82 Å². The number of rotatable bonds is 7. The summed E-state index contributed by atoms with van der Waals surface area (Å²) in [5.41, 5.74) is 3.16. The van der Waals surface area contributed by atoms with Crippen LogP contribution in [0.2, 0.25) is 0 Å². The van der Waals surface area contributed by atoms with Gasteiger partial charge in [-0.15, -0.1) is 0 Å². The molecule has 3 aromatic carbocycles. The second-order valence-corrected chi connectivity index (χ2v) is 6.92. The van der Waals surface area contributed by atoms with Gasteiger partial charge >= 0.3 is 12.1 Å². The molecule has 0 aromatic heterocycles. The molecule has 0 radical (unpaired) electrons. The number of hydrogen-bond donors (Lipinski definition) is 0. The van der Waals surface area contributed by atoms with Crippen LogP contribution < -0.4 is 9.47 Å². The maximum Gasteiger partial charge on any atom is 0.395 e. The van der Waals surface area contributed by atoms with Crippen LogP contribution in [0.3, 0.4) is 0 Å². The van der Waals surface area contributed by atoms with Gasteiger partial charge in [0.25, 0.3) is 0 Å². The monoisotopic (exact) mass is 414 g/mol. The number of halogens is 3. The van der Waals surface area contributed by atoms with Crippen LogP contribution in [0.25, 0.3) is 11.1 Å². The Bertz CT molecular complexity index is 1010. The third kappa shape index (κ3) is 5.63. The quantitative estimate of drug-likeness (QED) is 0.320. The number of ether oxygens (including phenoxy) is 2. The Morgan fingerprint density at radius 2 is 1.53 bits per heavy atom. The van der Waals surface area contributed by atoms with E-state index in [1.165, 1.54) is 11.6 Å². The number of hydrogen-bond acceptors (Lipinski definition) is 3. The molecular formula is C24H21F3O3. The minimum Gasteiger partial charge on any atom is -0.430 e. The molecule has 0 aliphatic carbocycles. The Morgan fingerprint density at radius 3 is 2.07 bits per heavy atom. The number of alkyl halides is 2. The summed E-state index contributed by atoms with van der Waals surface area (Å²) in [4.78, 5) is 12.2. The number of benzene rings is 3. The van der Waals surface area contributed by atoms with Crippen LogP contribution in [0.5, 0.6) is 11.5 Å². The number of aryl methyl sites for hydroxylation is 1. The van der Waals surface area contributed by atoms with Crippen LogP contribution in [0.15, 0.2) is 66.7 Å². The van der Waals surface area contributed by atoms with E-state index in [4.69, 9.17) is 4.74 Å². The minimum atomic E-state index is -3.53. The van der Waals surface area contributed by atoms with E-state index in [9.17, 15) is 18.0 Å². The van der Waals surface area contributed by atoms with Crippen molar-refractivity contribution >= 4 is 5.97 Å². The highest BCUT2D eigenvalue weighted by atomic mass is 19.3. The van der Waals surface area contributed by atoms with Crippen LogP contribution in [-0.2, 0) is 6.42 Å². The standard InChI is InChI=1S/C24H21F3O3/c1-3-4-16-5-7-17(8-6-16)18-9-12-20(13-10-18)29-23(28)19-11-14-22(21(25)15-19)30-24(2,26)27/h5-15H,3-4H2,1-2H3. The van der Waals surface area contributed by atoms with E-state index in [2.05, 4.69) is 23.8 Å². The van der Waals surface area contributed by atoms with Gasteiger partial charge in [0.15, 0.2) is 11.6 Å². The molecule has 0 saturated heterocycles. The maximum atomic E-state index is 13.9. The summed E-state index contributed by atoms with van der Waals surface area (Å²) < 4.78 is 49.1. The minimum absolute atomic E-state index is 0.116. The van der Waals surface area contributed by atoms with Crippen molar-refractivity contribution in [1.82, 2.24) is 0 Å². The van der Waals surface area contributed by atoms with Crippen molar-refractivity contribution in [2.45, 2.75) is 32.8 Å². The summed E-state index contributed by atoms with van der Waals surface area (Å²) in [6.45, 7) is 2.63. The Morgan fingerprint density at radius 1 is 0.933 bits per heavy atom. The van der Waals surface area contributed by atoms with Crippen LogP contribution in [0.4, 0.5) is 13.2 Å². The van der Waals surface area contributed by atoms with Gasteiger partial charge in [0, 0.05) is 6.92 Å². The maximum absolute atomic E-state index is 13.9. The molecule has 0 N–H and O–H groups in total. The lowest BCUT2D eigenvalue weighted by Gasteiger charge is -2.14. The summed E-state index contributed by atoms with van der Waals surface area (Å²) in [6.07, 6.45) is -1.41. The first-order chi connectivity index (χ1) is 14.2. The number of carbonyl (C=O) groups excluding carboxylic acids is 1. The van der Waals surface area contributed by atoms with Gasteiger partial charge in [0.05, 0.1) is 5.56 Å². The average molecular weight is 414 g/mol. The zero-order valence-corrected chi connectivity index (χ0v) is 16.6. The molecule has 0 bridgehead atoms. The first kappa shape index (κ1) is 21.4. The molecule has 30 heavy (non-hydrogen) atoms. The van der Waals surface area contributed by atoms with Gasteiger partial charge in [-0.1, -0.05) is 49.7 Å². The van der Waals surface area contributed by atoms with Crippen molar-refractivity contribution < 1.29 is 27.4 Å². The van der Waals surface area contributed by atoms with Gasteiger partial charge < -0.3 is 9.47 Å². The molecule has 0 heterocycles. The normalized spacial score (nSPS) is 11.2. The molecular weight excluding hydrogens is 393 g/mol. The number of esters is 1. The summed E-state index contributed by atoms with van der Waals surface area (Å²) in [5.74, 6) is -2.24. The fourth-order valence-electron chi connectivity index (χ4n) is 2.94. The highest BCUT2D eigenvalue weighted by Crippen LogP contribution is 2.26. The highest BCUT2D eigenvalue weighted by Gasteiger charge is 2.25. The summed E-state index contributed by atoms with van der Waals surface area (Å²) >= 11 is 0. The van der Waals surface area contributed by atoms with Gasteiger partial charge in [0.2, 0.25) is 0 Å². The van der Waals surface area contributed by atoms with Gasteiger partial charge in [-0.3, -0.25) is 0 Å². The topological polar surface area (TPSA) is 35.5 Å². The second-order valence-electron chi connectivity index (χ2n) is 6.92. The molecule has 0 amide bonds. The third-order valence-corrected chi connectivity index (χ3v) is 4.35. The number of carbonyl (C=O) groups is 1. The van der Waals surface area contributed by atoms with Crippen molar-refractivity contribution in [1.29, 1.82) is 0 Å². The Labute approximate surface area is 173 Å². The van der Waals surface area contributed by atoms with E-state index >= 15 is 0 Å². The van der Waals surface area contributed by atoms with Crippen LogP contribution >= 0.6 is 0 Å². The predicted molar refractivity (Wildman–Crippen MR) is 108 cm³/mol.